The van der Waals surface area contributed by atoms with E-state index in [9.17, 15) is 4.79 Å². The molecular weight excluding hydrogens is 384 g/mol. The minimum atomic E-state index is 0.116. The van der Waals surface area contributed by atoms with Crippen LogP contribution in [-0.2, 0) is 0 Å². The Morgan fingerprint density at radius 2 is 1.96 bits per heavy atom. The fraction of sp³-hybridized carbons (Fsp3) is 0.174. The average Bonchev–Trinajstić information content (AvgIpc) is 3.36. The quantitative estimate of drug-likeness (QED) is 0.355. The number of fused-ring (bicyclic) bond motifs is 1. The summed E-state index contributed by atoms with van der Waals surface area (Å²) in [4.78, 5) is 19.5. The Kier molecular flexibility index (Phi) is 6.95. The smallest absolute Gasteiger partial charge is 0.159 e. The van der Waals surface area contributed by atoms with Gasteiger partial charge in [-0.15, -0.1) is 23.1 Å². The number of allylic oxidation sites excluding steroid dienone is 2. The van der Waals surface area contributed by atoms with Crippen molar-refractivity contribution in [3.63, 3.8) is 0 Å². The highest BCUT2D eigenvalue weighted by Crippen LogP contribution is 2.27. The molecule has 0 amide bonds. The van der Waals surface area contributed by atoms with Crippen LogP contribution in [0.1, 0.15) is 30.6 Å². The molecule has 0 saturated heterocycles. The van der Waals surface area contributed by atoms with Crippen molar-refractivity contribution in [2.24, 2.45) is 4.99 Å². The summed E-state index contributed by atoms with van der Waals surface area (Å²) in [7, 11) is 0. The highest BCUT2D eigenvalue weighted by molar-refractivity contribution is 8.01. The van der Waals surface area contributed by atoms with Crippen molar-refractivity contribution >= 4 is 45.4 Å². The molecule has 0 saturated carbocycles. The minimum absolute atomic E-state index is 0.116. The number of benzene rings is 2. The van der Waals surface area contributed by atoms with Gasteiger partial charge in [-0.3, -0.25) is 14.8 Å². The molecule has 0 radical (unpaired) electrons. The predicted molar refractivity (Wildman–Crippen MR) is 122 cm³/mol. The van der Waals surface area contributed by atoms with Crippen molar-refractivity contribution in [2.75, 3.05) is 5.75 Å². The van der Waals surface area contributed by atoms with Gasteiger partial charge < -0.3 is 0 Å². The maximum Gasteiger partial charge on any atom is 0.159 e. The van der Waals surface area contributed by atoms with Gasteiger partial charge in [0, 0.05) is 17.5 Å². The summed E-state index contributed by atoms with van der Waals surface area (Å²) in [5.41, 5.74) is 6.09. The molecule has 5 heteroatoms. The molecule has 4 rings (SSSR count). The Bertz CT molecular complexity index is 1050. The normalized spacial score (nSPS) is 13.0. The van der Waals surface area contributed by atoms with E-state index < -0.39 is 0 Å². The molecule has 3 aromatic rings. The van der Waals surface area contributed by atoms with Crippen LogP contribution in [0.3, 0.4) is 0 Å². The maximum absolute atomic E-state index is 11.1. The molecule has 142 valence electrons. The van der Waals surface area contributed by atoms with Crippen LogP contribution < -0.4 is 0 Å². The van der Waals surface area contributed by atoms with E-state index in [1.54, 1.807) is 30.0 Å². The van der Waals surface area contributed by atoms with Crippen LogP contribution in [-0.4, -0.2) is 22.2 Å². The van der Waals surface area contributed by atoms with E-state index in [4.69, 9.17) is 0 Å². The number of aromatic nitrogens is 1. The van der Waals surface area contributed by atoms with Gasteiger partial charge in [0.2, 0.25) is 0 Å². The Morgan fingerprint density at radius 3 is 2.61 bits per heavy atom. The van der Waals surface area contributed by atoms with Crippen molar-refractivity contribution in [3.05, 3.63) is 83.7 Å². The van der Waals surface area contributed by atoms with E-state index in [1.165, 1.54) is 15.2 Å². The molecule has 2 heterocycles. The fourth-order valence-corrected chi connectivity index (χ4v) is 4.34. The highest BCUT2D eigenvalue weighted by Gasteiger charge is 2.14. The molecular formula is C23H22N2OS2. The zero-order valence-corrected chi connectivity index (χ0v) is 17.6. The van der Waals surface area contributed by atoms with E-state index in [2.05, 4.69) is 23.5 Å². The molecule has 1 aliphatic rings. The number of rotatable bonds is 5. The second-order valence-corrected chi connectivity index (χ2v) is 8.45. The van der Waals surface area contributed by atoms with Crippen molar-refractivity contribution in [1.82, 2.24) is 4.98 Å². The number of carbonyl (C=O) groups excluding carboxylic acids is 1. The van der Waals surface area contributed by atoms with Gasteiger partial charge in [0.1, 0.15) is 0 Å². The van der Waals surface area contributed by atoms with Crippen LogP contribution >= 0.6 is 23.1 Å². The average molecular weight is 407 g/mol. The maximum atomic E-state index is 11.1. The number of ketones is 1. The number of Topliss-reactive ketones (excluding diaryl/α,β-unsaturated/α-hetero) is 1. The molecule has 28 heavy (non-hydrogen) atoms. The minimum Gasteiger partial charge on any atom is -0.295 e. The molecule has 2 aromatic carbocycles. The molecule has 1 aromatic heterocycles. The van der Waals surface area contributed by atoms with Crippen molar-refractivity contribution in [3.8, 4) is 0 Å². The first-order valence-electron chi connectivity index (χ1n) is 9.05. The van der Waals surface area contributed by atoms with Gasteiger partial charge in [0.05, 0.1) is 21.6 Å². The van der Waals surface area contributed by atoms with E-state index in [1.807, 2.05) is 60.4 Å². The largest absolute Gasteiger partial charge is 0.295 e. The molecule has 0 unspecified atom stereocenters. The highest BCUT2D eigenvalue weighted by atomic mass is 32.2. The number of hydrogen-bond donors (Lipinski definition) is 0. The van der Waals surface area contributed by atoms with Crippen molar-refractivity contribution in [2.45, 2.75) is 24.5 Å². The Morgan fingerprint density at radius 1 is 1.18 bits per heavy atom. The van der Waals surface area contributed by atoms with Crippen molar-refractivity contribution < 1.29 is 4.79 Å². The first-order valence-corrected chi connectivity index (χ1v) is 10.9. The number of thioether (sulfide) groups is 1. The Hall–Kier alpha value is -2.50. The van der Waals surface area contributed by atoms with Gasteiger partial charge in [-0.1, -0.05) is 49.9 Å². The molecule has 0 atom stereocenters. The monoisotopic (exact) mass is 406 g/mol. The molecule has 0 fully saturated rings. The Labute approximate surface area is 173 Å². The topological polar surface area (TPSA) is 42.3 Å². The third-order valence-electron chi connectivity index (χ3n) is 4.41. The second-order valence-electron chi connectivity index (χ2n) is 6.29. The third kappa shape index (κ3) is 5.06. The summed E-state index contributed by atoms with van der Waals surface area (Å²) in [6, 6.07) is 13.8. The molecule has 0 aliphatic carbocycles. The first kappa shape index (κ1) is 20.2. The van der Waals surface area contributed by atoms with Crippen molar-refractivity contribution in [1.29, 1.82) is 0 Å². The summed E-state index contributed by atoms with van der Waals surface area (Å²) in [6.45, 7) is 7.78. The Balaban J connectivity index is 0.000000162. The second kappa shape index (κ2) is 9.62. The lowest BCUT2D eigenvalue weighted by molar-refractivity contribution is 0.101. The van der Waals surface area contributed by atoms with Crippen LogP contribution in [0.2, 0.25) is 0 Å². The summed E-state index contributed by atoms with van der Waals surface area (Å²) in [5.74, 6) is 1.01. The summed E-state index contributed by atoms with van der Waals surface area (Å²) in [5, 5.41) is 2.29. The van der Waals surface area contributed by atoms with E-state index in [0.717, 1.165) is 34.4 Å². The number of thiazole rings is 1. The summed E-state index contributed by atoms with van der Waals surface area (Å²) < 4.78 is 1.23. The molecule has 1 aliphatic heterocycles. The zero-order chi connectivity index (χ0) is 19.9. The van der Waals surface area contributed by atoms with E-state index in [-0.39, 0.29) is 5.78 Å². The molecule has 0 N–H and O–H groups in total. The molecule has 0 spiro atoms. The van der Waals surface area contributed by atoms with Crippen LogP contribution in [0, 0.1) is 0 Å². The lowest BCUT2D eigenvalue weighted by Gasteiger charge is -2.03. The number of carbonyl (C=O) groups is 1. The number of hydrogen-bond acceptors (Lipinski definition) is 5. The summed E-state index contributed by atoms with van der Waals surface area (Å²) >= 11 is 3.44. The van der Waals surface area contributed by atoms with E-state index in [0.29, 0.717) is 0 Å². The first-order chi connectivity index (χ1) is 13.6. The third-order valence-corrected chi connectivity index (χ3v) is 6.42. The van der Waals surface area contributed by atoms with Crippen LogP contribution in [0.4, 0.5) is 0 Å². The van der Waals surface area contributed by atoms with Gasteiger partial charge in [0.25, 0.3) is 0 Å². The lowest BCUT2D eigenvalue weighted by Crippen LogP contribution is -2.02. The van der Waals surface area contributed by atoms with Gasteiger partial charge in [-0.2, -0.15) is 0 Å². The van der Waals surface area contributed by atoms with E-state index >= 15 is 0 Å². The van der Waals surface area contributed by atoms with Crippen LogP contribution in [0.25, 0.3) is 10.8 Å². The standard InChI is InChI=1S/C12H10O.C11H12N2S2/c1-9(13)11-7-6-10-4-2-3-5-12(10)8-11;1-3-9-4-13-10(8(9)2)6-14-11-5-12-7-15-11/h2-8H,1H3;4-5,7H,2-3,6H2,1H3. The SMILES string of the molecule is C=C1C(CC)=CN=C1CSc1cncs1.CC(=O)c1ccc2ccccc2c1. The summed E-state index contributed by atoms with van der Waals surface area (Å²) in [6.07, 6.45) is 4.84. The number of nitrogens with zero attached hydrogens (tertiary/aromatic N) is 2. The molecule has 3 nitrogen and oxygen atoms in total. The fourth-order valence-electron chi connectivity index (χ4n) is 2.75. The predicted octanol–water partition coefficient (Wildman–Crippen LogP) is 6.58. The molecule has 0 bridgehead atoms. The lowest BCUT2D eigenvalue weighted by atomic mass is 10.1. The zero-order valence-electron chi connectivity index (χ0n) is 16.0. The van der Waals surface area contributed by atoms with Gasteiger partial charge in [-0.05, 0) is 41.3 Å². The van der Waals surface area contributed by atoms with Gasteiger partial charge >= 0.3 is 0 Å². The van der Waals surface area contributed by atoms with Gasteiger partial charge in [-0.25, -0.2) is 0 Å². The number of aliphatic imine (C=N–C) groups is 1. The van der Waals surface area contributed by atoms with Crippen LogP contribution in [0.5, 0.6) is 0 Å². The van der Waals surface area contributed by atoms with Crippen LogP contribution in [0.15, 0.2) is 87.3 Å². The van der Waals surface area contributed by atoms with Gasteiger partial charge in [0.15, 0.2) is 5.78 Å².